The topological polar surface area (TPSA) is 67.9 Å². The van der Waals surface area contributed by atoms with Crippen molar-refractivity contribution in [3.05, 3.63) is 30.3 Å². The summed E-state index contributed by atoms with van der Waals surface area (Å²) in [7, 11) is 1.60. The lowest BCUT2D eigenvalue weighted by molar-refractivity contribution is -0.142. The lowest BCUT2D eigenvalue weighted by Crippen LogP contribution is -2.53. The molecule has 0 saturated carbocycles. The molecule has 132 valence electrons. The lowest BCUT2D eigenvalue weighted by atomic mass is 9.81. The monoisotopic (exact) mass is 334 g/mol. The Morgan fingerprint density at radius 1 is 1.29 bits per heavy atom. The number of hydrogen-bond donors (Lipinski definition) is 1. The van der Waals surface area contributed by atoms with Crippen molar-refractivity contribution in [1.29, 1.82) is 0 Å². The molecule has 2 rings (SSSR count). The van der Waals surface area contributed by atoms with Crippen LogP contribution in [-0.4, -0.2) is 56.7 Å². The molecule has 1 heterocycles. The number of ether oxygens (including phenoxy) is 2. The number of likely N-dealkylation sites (tertiary alicyclic amines) is 1. The average molecular weight is 334 g/mol. The molecule has 1 aliphatic rings. The van der Waals surface area contributed by atoms with Gasteiger partial charge in [-0.1, -0.05) is 18.2 Å². The molecule has 1 fully saturated rings. The van der Waals surface area contributed by atoms with Crippen molar-refractivity contribution >= 4 is 11.8 Å². The first-order chi connectivity index (χ1) is 11.5. The standard InChI is InChI=1S/C18H26N2O4/c1-18(17(22)19-10-12-23-2)9-6-11-20(14-18)16(21)13-24-15-7-4-3-5-8-15/h3-5,7-8H,6,9-14H2,1-2H3,(H,19,22). The molecule has 1 unspecified atom stereocenters. The van der Waals surface area contributed by atoms with E-state index < -0.39 is 5.41 Å². The summed E-state index contributed by atoms with van der Waals surface area (Å²) >= 11 is 0. The molecule has 0 spiro atoms. The van der Waals surface area contributed by atoms with Crippen LogP contribution in [0.1, 0.15) is 19.8 Å². The second-order valence-corrected chi connectivity index (χ2v) is 6.33. The number of methoxy groups -OCH3 is 1. The molecule has 0 aliphatic carbocycles. The number of para-hydroxylation sites is 1. The fourth-order valence-corrected chi connectivity index (χ4v) is 2.87. The molecular formula is C18H26N2O4. The number of hydrogen-bond acceptors (Lipinski definition) is 4. The number of amides is 2. The predicted octanol–water partition coefficient (Wildman–Crippen LogP) is 1.46. The van der Waals surface area contributed by atoms with Gasteiger partial charge in [-0.05, 0) is 31.9 Å². The zero-order valence-electron chi connectivity index (χ0n) is 14.4. The van der Waals surface area contributed by atoms with Gasteiger partial charge in [0.05, 0.1) is 12.0 Å². The van der Waals surface area contributed by atoms with Crippen LogP contribution in [0.5, 0.6) is 5.75 Å². The van der Waals surface area contributed by atoms with Gasteiger partial charge in [-0.3, -0.25) is 9.59 Å². The Balaban J connectivity index is 1.86. The van der Waals surface area contributed by atoms with Gasteiger partial charge in [0.25, 0.3) is 5.91 Å². The minimum Gasteiger partial charge on any atom is -0.484 e. The quantitative estimate of drug-likeness (QED) is 0.767. The smallest absolute Gasteiger partial charge is 0.260 e. The lowest BCUT2D eigenvalue weighted by Gasteiger charge is -2.39. The van der Waals surface area contributed by atoms with Crippen LogP contribution in [0.3, 0.4) is 0 Å². The first kappa shape index (κ1) is 18.3. The number of rotatable bonds is 7. The van der Waals surface area contributed by atoms with Crippen molar-refractivity contribution in [1.82, 2.24) is 10.2 Å². The number of nitrogens with zero attached hydrogens (tertiary/aromatic N) is 1. The molecule has 1 N–H and O–H groups in total. The van der Waals surface area contributed by atoms with Crippen LogP contribution in [-0.2, 0) is 14.3 Å². The molecule has 1 aromatic rings. The number of carbonyl (C=O) groups excluding carboxylic acids is 2. The van der Waals surface area contributed by atoms with E-state index in [9.17, 15) is 9.59 Å². The summed E-state index contributed by atoms with van der Waals surface area (Å²) in [4.78, 5) is 26.5. The van der Waals surface area contributed by atoms with E-state index in [0.29, 0.717) is 32.0 Å². The van der Waals surface area contributed by atoms with Gasteiger partial charge in [-0.15, -0.1) is 0 Å². The zero-order valence-corrected chi connectivity index (χ0v) is 14.4. The van der Waals surface area contributed by atoms with Crippen molar-refractivity contribution in [3.8, 4) is 5.75 Å². The van der Waals surface area contributed by atoms with Gasteiger partial charge in [0.1, 0.15) is 5.75 Å². The molecule has 0 bridgehead atoms. The van der Waals surface area contributed by atoms with Crippen LogP contribution in [0.4, 0.5) is 0 Å². The normalized spacial score (nSPS) is 20.5. The van der Waals surface area contributed by atoms with Crippen molar-refractivity contribution < 1.29 is 19.1 Å². The second-order valence-electron chi connectivity index (χ2n) is 6.33. The molecule has 1 aromatic carbocycles. The van der Waals surface area contributed by atoms with Crippen molar-refractivity contribution in [2.24, 2.45) is 5.41 Å². The Morgan fingerprint density at radius 3 is 2.75 bits per heavy atom. The summed E-state index contributed by atoms with van der Waals surface area (Å²) in [5.74, 6) is 0.554. The van der Waals surface area contributed by atoms with E-state index in [0.717, 1.165) is 12.8 Å². The summed E-state index contributed by atoms with van der Waals surface area (Å²) in [6, 6.07) is 9.25. The third-order valence-corrected chi connectivity index (χ3v) is 4.29. The first-order valence-corrected chi connectivity index (χ1v) is 8.28. The summed E-state index contributed by atoms with van der Waals surface area (Å²) in [5.41, 5.74) is -0.561. The third-order valence-electron chi connectivity index (χ3n) is 4.29. The maximum absolute atomic E-state index is 12.4. The molecule has 1 saturated heterocycles. The van der Waals surface area contributed by atoms with Crippen molar-refractivity contribution in [2.75, 3.05) is 40.0 Å². The predicted molar refractivity (Wildman–Crippen MR) is 90.7 cm³/mol. The summed E-state index contributed by atoms with van der Waals surface area (Å²) in [5, 5.41) is 2.88. The first-order valence-electron chi connectivity index (χ1n) is 8.28. The second kappa shape index (κ2) is 8.68. The van der Waals surface area contributed by atoms with Crippen LogP contribution in [0.2, 0.25) is 0 Å². The summed E-state index contributed by atoms with van der Waals surface area (Å²) in [6.07, 6.45) is 1.58. The van der Waals surface area contributed by atoms with Gasteiger partial charge in [-0.2, -0.15) is 0 Å². The van der Waals surface area contributed by atoms with E-state index in [1.165, 1.54) is 0 Å². The SMILES string of the molecule is COCCNC(=O)C1(C)CCCN(C(=O)COc2ccccc2)C1. The van der Waals surface area contributed by atoms with Crippen molar-refractivity contribution in [3.63, 3.8) is 0 Å². The van der Waals surface area contributed by atoms with E-state index in [4.69, 9.17) is 9.47 Å². The van der Waals surface area contributed by atoms with Gasteiger partial charge in [0.15, 0.2) is 6.61 Å². The van der Waals surface area contributed by atoms with E-state index in [-0.39, 0.29) is 18.4 Å². The van der Waals surface area contributed by atoms with Crippen LogP contribution in [0.25, 0.3) is 0 Å². The Kier molecular flexibility index (Phi) is 6.61. The minimum atomic E-state index is -0.561. The van der Waals surface area contributed by atoms with Gasteiger partial charge in [-0.25, -0.2) is 0 Å². The highest BCUT2D eigenvalue weighted by atomic mass is 16.5. The van der Waals surface area contributed by atoms with Crippen molar-refractivity contribution in [2.45, 2.75) is 19.8 Å². The molecular weight excluding hydrogens is 308 g/mol. The largest absolute Gasteiger partial charge is 0.484 e. The van der Waals surface area contributed by atoms with Crippen LogP contribution in [0, 0.1) is 5.41 Å². The van der Waals surface area contributed by atoms with E-state index >= 15 is 0 Å². The molecule has 0 radical (unpaired) electrons. The highest BCUT2D eigenvalue weighted by Crippen LogP contribution is 2.29. The molecule has 1 atom stereocenters. The molecule has 24 heavy (non-hydrogen) atoms. The van der Waals surface area contributed by atoms with Crippen LogP contribution < -0.4 is 10.1 Å². The maximum atomic E-state index is 12.4. The van der Waals surface area contributed by atoms with Crippen LogP contribution in [0.15, 0.2) is 30.3 Å². The fourth-order valence-electron chi connectivity index (χ4n) is 2.87. The maximum Gasteiger partial charge on any atom is 0.260 e. The molecule has 2 amide bonds. The highest BCUT2D eigenvalue weighted by Gasteiger charge is 2.39. The average Bonchev–Trinajstić information content (AvgIpc) is 2.60. The van der Waals surface area contributed by atoms with Crippen LogP contribution >= 0.6 is 0 Å². The Bertz CT molecular complexity index is 549. The zero-order chi connectivity index (χ0) is 17.4. The summed E-state index contributed by atoms with van der Waals surface area (Å²) < 4.78 is 10.5. The Hall–Kier alpha value is -2.08. The molecule has 6 heteroatoms. The Morgan fingerprint density at radius 2 is 2.04 bits per heavy atom. The number of benzene rings is 1. The van der Waals surface area contributed by atoms with Gasteiger partial charge < -0.3 is 19.7 Å². The summed E-state index contributed by atoms with van der Waals surface area (Å²) in [6.45, 7) is 3.95. The van der Waals surface area contributed by atoms with Gasteiger partial charge in [0, 0.05) is 26.7 Å². The Labute approximate surface area is 143 Å². The highest BCUT2D eigenvalue weighted by molar-refractivity contribution is 5.84. The fraction of sp³-hybridized carbons (Fsp3) is 0.556. The molecule has 0 aromatic heterocycles. The molecule has 1 aliphatic heterocycles. The van der Waals surface area contributed by atoms with Gasteiger partial charge >= 0.3 is 0 Å². The van der Waals surface area contributed by atoms with Gasteiger partial charge in [0.2, 0.25) is 5.91 Å². The third kappa shape index (κ3) is 4.96. The van der Waals surface area contributed by atoms with E-state index in [1.54, 1.807) is 12.0 Å². The number of carbonyl (C=O) groups is 2. The molecule has 6 nitrogen and oxygen atoms in total. The minimum absolute atomic E-state index is 0.00854. The number of nitrogens with one attached hydrogen (secondary N) is 1. The number of piperidine rings is 1. The van der Waals surface area contributed by atoms with E-state index in [2.05, 4.69) is 5.32 Å². The van der Waals surface area contributed by atoms with E-state index in [1.807, 2.05) is 37.3 Å².